The Morgan fingerprint density at radius 1 is 1.19 bits per heavy atom. The highest BCUT2D eigenvalue weighted by molar-refractivity contribution is 6.25. The molecule has 2 unspecified atom stereocenters. The fourth-order valence-electron chi connectivity index (χ4n) is 6.96. The average Bonchev–Trinajstić information content (AvgIpc) is 2.82. The van der Waals surface area contributed by atoms with Gasteiger partial charge in [-0.1, -0.05) is 32.8 Å². The molecule has 0 spiro atoms. The molecule has 0 saturated heterocycles. The van der Waals surface area contributed by atoms with E-state index in [1.54, 1.807) is 19.0 Å². The van der Waals surface area contributed by atoms with Gasteiger partial charge in [0.2, 0.25) is 11.7 Å². The number of phenolic OH excluding ortho intramolecular Hbond substituents is 1. The van der Waals surface area contributed by atoms with Gasteiger partial charge in [0.15, 0.2) is 11.4 Å². The van der Waals surface area contributed by atoms with Crippen LogP contribution in [0.4, 0.5) is 0 Å². The van der Waals surface area contributed by atoms with Gasteiger partial charge in [0.1, 0.15) is 17.4 Å². The molecule has 0 heterocycles. The van der Waals surface area contributed by atoms with Crippen LogP contribution in [-0.4, -0.2) is 74.6 Å². The molecule has 9 heteroatoms. The van der Waals surface area contributed by atoms with Crippen LogP contribution in [0.3, 0.4) is 0 Å². The highest BCUT2D eigenvalue weighted by Crippen LogP contribution is 2.52. The number of aliphatic hydroxyl groups excluding tert-OH is 2. The zero-order chi connectivity index (χ0) is 27.4. The van der Waals surface area contributed by atoms with E-state index in [0.717, 1.165) is 36.8 Å². The van der Waals surface area contributed by atoms with Crippen LogP contribution in [0.15, 0.2) is 17.7 Å². The standard InChI is InChI=1S/C28H38N2O7/c1-5-13(6-2)7-8-14-9-10-18(31)20-16(14)11-15-12-17-22(30(3)4)24(33)21(27(29)36)26(35)28(17,37)25(34)19(15)23(20)32/h9-10,13,15,17,21-22,24,31-33,37H,5-8,11-12H2,1-4H3,(H2,29,36)/t15-,17-,21?,22-,24?,28-/m1/s1. The summed E-state index contributed by atoms with van der Waals surface area (Å²) >= 11 is 0. The Labute approximate surface area is 217 Å². The minimum absolute atomic E-state index is 0.121. The molecule has 2 saturated carbocycles. The highest BCUT2D eigenvalue weighted by Gasteiger charge is 2.67. The number of rotatable bonds is 7. The fourth-order valence-corrected chi connectivity index (χ4v) is 6.96. The van der Waals surface area contributed by atoms with Crippen molar-refractivity contribution in [3.8, 4) is 5.75 Å². The van der Waals surface area contributed by atoms with E-state index < -0.39 is 58.7 Å². The summed E-state index contributed by atoms with van der Waals surface area (Å²) in [5.74, 6) is -6.65. The third-order valence-electron chi connectivity index (χ3n) is 9.05. The van der Waals surface area contributed by atoms with Gasteiger partial charge in [0, 0.05) is 17.5 Å². The van der Waals surface area contributed by atoms with Crippen molar-refractivity contribution in [2.24, 2.45) is 29.4 Å². The molecule has 2 fully saturated rings. The van der Waals surface area contributed by atoms with E-state index in [1.165, 1.54) is 6.07 Å². The second-order valence-corrected chi connectivity index (χ2v) is 11.1. The van der Waals surface area contributed by atoms with Gasteiger partial charge in [-0.25, -0.2) is 0 Å². The first-order chi connectivity index (χ1) is 17.4. The van der Waals surface area contributed by atoms with E-state index in [1.807, 2.05) is 6.07 Å². The molecule has 0 aromatic heterocycles. The van der Waals surface area contributed by atoms with Gasteiger partial charge < -0.3 is 31.1 Å². The third kappa shape index (κ3) is 4.08. The first kappa shape index (κ1) is 27.3. The molecule has 3 aliphatic carbocycles. The molecule has 4 rings (SSSR count). The zero-order valence-electron chi connectivity index (χ0n) is 21.9. The van der Waals surface area contributed by atoms with Crippen LogP contribution >= 0.6 is 0 Å². The van der Waals surface area contributed by atoms with Crippen LogP contribution in [0.1, 0.15) is 56.2 Å². The number of hydrogen-bond donors (Lipinski definition) is 5. The zero-order valence-corrected chi connectivity index (χ0v) is 21.9. The van der Waals surface area contributed by atoms with Crippen LogP contribution in [0, 0.1) is 23.7 Å². The molecule has 0 bridgehead atoms. The molecule has 0 aliphatic heterocycles. The lowest BCUT2D eigenvalue weighted by atomic mass is 9.54. The van der Waals surface area contributed by atoms with E-state index in [4.69, 9.17) is 5.73 Å². The van der Waals surface area contributed by atoms with E-state index in [2.05, 4.69) is 13.8 Å². The summed E-state index contributed by atoms with van der Waals surface area (Å²) in [6.07, 6.45) is 2.78. The number of aromatic hydroxyl groups is 1. The van der Waals surface area contributed by atoms with Gasteiger partial charge in [-0.15, -0.1) is 0 Å². The van der Waals surface area contributed by atoms with Crippen LogP contribution in [0.25, 0.3) is 5.76 Å². The number of primary amides is 1. The van der Waals surface area contributed by atoms with Crippen LogP contribution in [0.2, 0.25) is 0 Å². The number of hydrogen-bond acceptors (Lipinski definition) is 8. The van der Waals surface area contributed by atoms with Gasteiger partial charge in [-0.3, -0.25) is 14.4 Å². The minimum Gasteiger partial charge on any atom is -0.507 e. The normalized spacial score (nSPS) is 31.4. The maximum atomic E-state index is 13.9. The Morgan fingerprint density at radius 3 is 2.41 bits per heavy atom. The molecule has 1 amide bonds. The number of nitrogens with two attached hydrogens (primary N) is 1. The second kappa shape index (κ2) is 9.85. The Balaban J connectivity index is 1.83. The van der Waals surface area contributed by atoms with Crippen molar-refractivity contribution in [1.82, 2.24) is 4.90 Å². The summed E-state index contributed by atoms with van der Waals surface area (Å²) in [5, 5.41) is 44.6. The first-order valence-electron chi connectivity index (χ1n) is 13.1. The first-order valence-corrected chi connectivity index (χ1v) is 13.1. The van der Waals surface area contributed by atoms with Crippen molar-refractivity contribution in [2.75, 3.05) is 14.1 Å². The average molecular weight is 515 g/mol. The Bertz CT molecular complexity index is 1160. The van der Waals surface area contributed by atoms with Gasteiger partial charge in [0.05, 0.1) is 11.7 Å². The number of Topliss-reactive ketones (excluding diaryl/α,β-unsaturated/α-hetero) is 2. The lowest BCUT2D eigenvalue weighted by Crippen LogP contribution is -2.73. The number of fused-ring (bicyclic) bond motifs is 3. The quantitative estimate of drug-likeness (QED) is 0.342. The Kier molecular flexibility index (Phi) is 7.27. The van der Waals surface area contributed by atoms with Crippen molar-refractivity contribution in [3.05, 3.63) is 34.4 Å². The molecule has 3 aliphatic rings. The summed E-state index contributed by atoms with van der Waals surface area (Å²) in [6, 6.07) is 2.45. The van der Waals surface area contributed by atoms with Crippen LogP contribution in [-0.2, 0) is 27.2 Å². The maximum absolute atomic E-state index is 13.9. The summed E-state index contributed by atoms with van der Waals surface area (Å²) in [7, 11) is 3.28. The highest BCUT2D eigenvalue weighted by atomic mass is 16.3. The van der Waals surface area contributed by atoms with Crippen LogP contribution < -0.4 is 5.73 Å². The van der Waals surface area contributed by atoms with E-state index in [-0.39, 0.29) is 23.3 Å². The Morgan fingerprint density at radius 2 is 1.84 bits per heavy atom. The molecule has 0 radical (unpaired) electrons. The molecule has 1 aromatic rings. The lowest BCUT2D eigenvalue weighted by molar-refractivity contribution is -0.184. The molecule has 9 nitrogen and oxygen atoms in total. The predicted molar refractivity (Wildman–Crippen MR) is 136 cm³/mol. The summed E-state index contributed by atoms with van der Waals surface area (Å²) in [6.45, 7) is 4.31. The number of carbonyl (C=O) groups is 3. The van der Waals surface area contributed by atoms with E-state index in [9.17, 15) is 34.8 Å². The largest absolute Gasteiger partial charge is 0.507 e. The maximum Gasteiger partial charge on any atom is 0.230 e. The molecule has 1 aromatic carbocycles. The smallest absolute Gasteiger partial charge is 0.230 e. The molecule has 37 heavy (non-hydrogen) atoms. The van der Waals surface area contributed by atoms with Crippen molar-refractivity contribution < 1.29 is 34.8 Å². The number of carbonyl (C=O) groups excluding carboxylic acids is 3. The number of likely N-dealkylation sites (N-methyl/N-ethyl adjacent to an activating group) is 1. The topological polar surface area (TPSA) is 161 Å². The van der Waals surface area contributed by atoms with Gasteiger partial charge >= 0.3 is 0 Å². The molecule has 6 atom stereocenters. The number of benzene rings is 1. The number of nitrogens with zero attached hydrogens (tertiary/aromatic N) is 1. The molecule has 202 valence electrons. The van der Waals surface area contributed by atoms with Gasteiger partial charge in [0.25, 0.3) is 0 Å². The SMILES string of the molecule is CCC(CC)CCc1ccc(O)c2c1C[C@@H]1C[C@@H]3[C@@H](N(C)C)C(O)C(C(N)=O)C(=O)[C@]3(O)C(=O)C1=C2O. The van der Waals surface area contributed by atoms with Crippen molar-refractivity contribution in [1.29, 1.82) is 0 Å². The predicted octanol–water partition coefficient (Wildman–Crippen LogP) is 1.50. The fraction of sp³-hybridized carbons (Fsp3) is 0.607. The third-order valence-corrected chi connectivity index (χ3v) is 9.05. The number of phenols is 1. The number of ketones is 2. The molecular formula is C28H38N2O7. The Hall–Kier alpha value is -2.75. The lowest BCUT2D eigenvalue weighted by Gasteiger charge is -2.53. The molecule has 6 N–H and O–H groups in total. The minimum atomic E-state index is -2.63. The summed E-state index contributed by atoms with van der Waals surface area (Å²) in [4.78, 5) is 40.9. The van der Waals surface area contributed by atoms with Gasteiger partial charge in [-0.2, -0.15) is 0 Å². The van der Waals surface area contributed by atoms with Crippen molar-refractivity contribution >= 4 is 23.2 Å². The molecular weight excluding hydrogens is 476 g/mol. The van der Waals surface area contributed by atoms with Crippen molar-refractivity contribution in [2.45, 2.75) is 70.1 Å². The summed E-state index contributed by atoms with van der Waals surface area (Å²) < 4.78 is 0. The van der Waals surface area contributed by atoms with E-state index >= 15 is 0 Å². The van der Waals surface area contributed by atoms with E-state index in [0.29, 0.717) is 12.3 Å². The number of aliphatic hydroxyl groups is 3. The monoisotopic (exact) mass is 514 g/mol. The van der Waals surface area contributed by atoms with Gasteiger partial charge in [-0.05, 0) is 68.8 Å². The number of amides is 1. The van der Waals surface area contributed by atoms with Crippen molar-refractivity contribution in [3.63, 3.8) is 0 Å². The summed E-state index contributed by atoms with van der Waals surface area (Å²) in [5.41, 5.74) is 4.55. The van der Waals surface area contributed by atoms with Crippen LogP contribution in [0.5, 0.6) is 5.75 Å². The second-order valence-electron chi connectivity index (χ2n) is 11.1. The number of aryl methyl sites for hydroxylation is 1.